The Hall–Kier alpha value is -2.60. The molecule has 2 aromatic heterocycles. The third kappa shape index (κ3) is 2.59. The van der Waals surface area contributed by atoms with Crippen LogP contribution in [0.25, 0.3) is 21.3 Å². The number of thiophene rings is 1. The number of hydrogen-bond donors (Lipinski definition) is 0. The molecule has 3 aromatic rings. The fourth-order valence-electron chi connectivity index (χ4n) is 2.70. The van der Waals surface area contributed by atoms with Crippen molar-refractivity contribution in [1.82, 2.24) is 9.47 Å². The SMILES string of the molecule is COC(=O)c1cccc2c1c(-c1cc(C)cs1)cn2C(=O)N(C)C. The maximum atomic E-state index is 12.5. The summed E-state index contributed by atoms with van der Waals surface area (Å²) in [6, 6.07) is 7.21. The van der Waals surface area contributed by atoms with Gasteiger partial charge in [-0.25, -0.2) is 9.59 Å². The van der Waals surface area contributed by atoms with Crippen LogP contribution in [0.2, 0.25) is 0 Å². The topological polar surface area (TPSA) is 51.5 Å². The fraction of sp³-hybridized carbons (Fsp3) is 0.222. The minimum absolute atomic E-state index is 0.165. The van der Waals surface area contributed by atoms with Crippen LogP contribution < -0.4 is 0 Å². The number of aryl methyl sites for hydroxylation is 1. The molecule has 0 aliphatic carbocycles. The van der Waals surface area contributed by atoms with Crippen molar-refractivity contribution in [2.75, 3.05) is 21.2 Å². The minimum atomic E-state index is -0.412. The summed E-state index contributed by atoms with van der Waals surface area (Å²) in [4.78, 5) is 27.3. The highest BCUT2D eigenvalue weighted by Gasteiger charge is 2.22. The van der Waals surface area contributed by atoms with Gasteiger partial charge in [0.05, 0.1) is 18.2 Å². The molecule has 3 rings (SSSR count). The average Bonchev–Trinajstić information content (AvgIpc) is 3.16. The van der Waals surface area contributed by atoms with Crippen molar-refractivity contribution >= 4 is 34.2 Å². The Balaban J connectivity index is 2.37. The van der Waals surface area contributed by atoms with Crippen LogP contribution in [-0.2, 0) is 4.74 Å². The standard InChI is InChI=1S/C18H18N2O3S/c1-11-8-15(24-10-11)13-9-20(18(22)19(2)3)14-7-5-6-12(16(13)14)17(21)23-4/h5-10H,1-4H3. The van der Waals surface area contributed by atoms with E-state index < -0.39 is 5.97 Å². The molecule has 6 heteroatoms. The second-order valence-corrected chi connectivity index (χ2v) is 6.68. The smallest absolute Gasteiger partial charge is 0.338 e. The van der Waals surface area contributed by atoms with E-state index >= 15 is 0 Å². The highest BCUT2D eigenvalue weighted by molar-refractivity contribution is 7.13. The zero-order valence-electron chi connectivity index (χ0n) is 14.0. The Morgan fingerprint density at radius 1 is 1.25 bits per heavy atom. The maximum Gasteiger partial charge on any atom is 0.338 e. The number of methoxy groups -OCH3 is 1. The van der Waals surface area contributed by atoms with Gasteiger partial charge in [-0.2, -0.15) is 0 Å². The van der Waals surface area contributed by atoms with Crippen molar-refractivity contribution in [2.24, 2.45) is 0 Å². The van der Waals surface area contributed by atoms with E-state index in [1.54, 1.807) is 48.3 Å². The van der Waals surface area contributed by atoms with E-state index in [-0.39, 0.29) is 6.03 Å². The number of ether oxygens (including phenoxy) is 1. The molecular weight excluding hydrogens is 324 g/mol. The van der Waals surface area contributed by atoms with Gasteiger partial charge in [-0.05, 0) is 36.1 Å². The van der Waals surface area contributed by atoms with Crippen LogP contribution in [0, 0.1) is 6.92 Å². The monoisotopic (exact) mass is 342 g/mol. The number of benzene rings is 1. The highest BCUT2D eigenvalue weighted by atomic mass is 32.1. The van der Waals surface area contributed by atoms with Crippen molar-refractivity contribution in [2.45, 2.75) is 6.92 Å². The zero-order chi connectivity index (χ0) is 17.4. The van der Waals surface area contributed by atoms with Crippen LogP contribution >= 0.6 is 11.3 Å². The van der Waals surface area contributed by atoms with Crippen LogP contribution in [-0.4, -0.2) is 42.7 Å². The first-order valence-corrected chi connectivity index (χ1v) is 8.31. The van der Waals surface area contributed by atoms with E-state index in [1.165, 1.54) is 12.0 Å². The predicted octanol–water partition coefficient (Wildman–Crippen LogP) is 3.99. The Morgan fingerprint density at radius 3 is 2.58 bits per heavy atom. The summed E-state index contributed by atoms with van der Waals surface area (Å²) in [6.07, 6.45) is 1.80. The molecule has 0 fully saturated rings. The lowest BCUT2D eigenvalue weighted by Crippen LogP contribution is -2.26. The number of nitrogens with zero attached hydrogens (tertiary/aromatic N) is 2. The number of carbonyl (C=O) groups excluding carboxylic acids is 2. The Bertz CT molecular complexity index is 937. The third-order valence-corrected chi connectivity index (χ3v) is 4.90. The lowest BCUT2D eigenvalue weighted by atomic mass is 10.1. The number of rotatable bonds is 2. The molecule has 0 saturated heterocycles. The Morgan fingerprint density at radius 2 is 2.00 bits per heavy atom. The van der Waals surface area contributed by atoms with Gasteiger partial charge in [0.15, 0.2) is 0 Å². The van der Waals surface area contributed by atoms with E-state index in [0.717, 1.165) is 21.4 Å². The van der Waals surface area contributed by atoms with Gasteiger partial charge in [0.25, 0.3) is 0 Å². The molecular formula is C18H18N2O3S. The van der Waals surface area contributed by atoms with Gasteiger partial charge in [0.2, 0.25) is 0 Å². The largest absolute Gasteiger partial charge is 0.465 e. The lowest BCUT2D eigenvalue weighted by Gasteiger charge is -2.11. The van der Waals surface area contributed by atoms with Crippen LogP contribution in [0.4, 0.5) is 4.79 Å². The van der Waals surface area contributed by atoms with E-state index in [4.69, 9.17) is 4.74 Å². The van der Waals surface area contributed by atoms with Crippen LogP contribution in [0.3, 0.4) is 0 Å². The number of fused-ring (bicyclic) bond motifs is 1. The van der Waals surface area contributed by atoms with Gasteiger partial charge >= 0.3 is 12.0 Å². The van der Waals surface area contributed by atoms with Crippen molar-refractivity contribution in [3.63, 3.8) is 0 Å². The molecule has 0 aliphatic rings. The summed E-state index contributed by atoms with van der Waals surface area (Å²) in [5.74, 6) is -0.412. The van der Waals surface area contributed by atoms with Gasteiger partial charge in [-0.1, -0.05) is 6.07 Å². The lowest BCUT2D eigenvalue weighted by molar-refractivity contribution is 0.0603. The van der Waals surface area contributed by atoms with Gasteiger partial charge in [0.1, 0.15) is 0 Å². The van der Waals surface area contributed by atoms with Gasteiger partial charge in [-0.15, -0.1) is 11.3 Å². The highest BCUT2D eigenvalue weighted by Crippen LogP contribution is 2.37. The number of esters is 1. The zero-order valence-corrected chi connectivity index (χ0v) is 14.8. The van der Waals surface area contributed by atoms with Crippen molar-refractivity contribution < 1.29 is 14.3 Å². The quantitative estimate of drug-likeness (QED) is 0.662. The molecule has 0 spiro atoms. The van der Waals surface area contributed by atoms with Gasteiger partial charge in [-0.3, -0.25) is 4.57 Å². The summed E-state index contributed by atoms with van der Waals surface area (Å²) in [5, 5.41) is 2.79. The number of hydrogen-bond acceptors (Lipinski definition) is 4. The van der Waals surface area contributed by atoms with Crippen LogP contribution in [0.5, 0.6) is 0 Å². The normalized spacial score (nSPS) is 10.8. The fourth-order valence-corrected chi connectivity index (χ4v) is 3.62. The molecule has 124 valence electrons. The molecule has 0 atom stereocenters. The van der Waals surface area contributed by atoms with Gasteiger partial charge < -0.3 is 9.64 Å². The summed E-state index contributed by atoms with van der Waals surface area (Å²) in [6.45, 7) is 2.02. The molecule has 0 unspecified atom stereocenters. The van der Waals surface area contributed by atoms with Crippen molar-refractivity contribution in [1.29, 1.82) is 0 Å². The molecule has 1 aromatic carbocycles. The van der Waals surface area contributed by atoms with E-state index in [0.29, 0.717) is 11.1 Å². The maximum absolute atomic E-state index is 12.5. The van der Waals surface area contributed by atoms with Crippen molar-refractivity contribution in [3.05, 3.63) is 47.0 Å². The second kappa shape index (κ2) is 6.13. The molecule has 5 nitrogen and oxygen atoms in total. The first kappa shape index (κ1) is 16.3. The first-order chi connectivity index (χ1) is 11.4. The average molecular weight is 342 g/mol. The molecule has 0 radical (unpaired) electrons. The first-order valence-electron chi connectivity index (χ1n) is 7.43. The number of aromatic nitrogens is 1. The summed E-state index contributed by atoms with van der Waals surface area (Å²) in [7, 11) is 4.76. The summed E-state index contributed by atoms with van der Waals surface area (Å²) in [5.41, 5.74) is 3.16. The van der Waals surface area contributed by atoms with E-state index in [1.807, 2.05) is 18.4 Å². The number of amides is 1. The summed E-state index contributed by atoms with van der Waals surface area (Å²) >= 11 is 1.59. The molecule has 24 heavy (non-hydrogen) atoms. The van der Waals surface area contributed by atoms with E-state index in [2.05, 4.69) is 6.07 Å². The molecule has 1 amide bonds. The Labute approximate surface area is 144 Å². The molecule has 2 heterocycles. The molecule has 0 N–H and O–H groups in total. The second-order valence-electron chi connectivity index (χ2n) is 5.77. The van der Waals surface area contributed by atoms with Gasteiger partial charge in [0, 0.05) is 36.1 Å². The Kier molecular flexibility index (Phi) is 4.15. The van der Waals surface area contributed by atoms with E-state index in [9.17, 15) is 9.59 Å². The third-order valence-electron chi connectivity index (χ3n) is 3.82. The molecule has 0 bridgehead atoms. The summed E-state index contributed by atoms with van der Waals surface area (Å²) < 4.78 is 6.49. The van der Waals surface area contributed by atoms with Crippen molar-refractivity contribution in [3.8, 4) is 10.4 Å². The van der Waals surface area contributed by atoms with Crippen LogP contribution in [0.1, 0.15) is 15.9 Å². The number of carbonyl (C=O) groups is 2. The minimum Gasteiger partial charge on any atom is -0.465 e. The molecule has 0 saturated carbocycles. The van der Waals surface area contributed by atoms with Crippen LogP contribution in [0.15, 0.2) is 35.8 Å². The molecule has 0 aliphatic heterocycles. The predicted molar refractivity (Wildman–Crippen MR) is 95.8 cm³/mol.